The molecule has 1 heterocycles. The molecule has 1 amide bonds. The van der Waals surface area contributed by atoms with E-state index in [1.54, 1.807) is 0 Å². The highest BCUT2D eigenvalue weighted by Crippen LogP contribution is 2.26. The second-order valence-electron chi connectivity index (χ2n) is 7.04. The fourth-order valence-corrected chi connectivity index (χ4v) is 2.83. The van der Waals surface area contributed by atoms with Crippen LogP contribution in [0.4, 0.5) is 0 Å². The quantitative estimate of drug-likeness (QED) is 0.760. The van der Waals surface area contributed by atoms with E-state index >= 15 is 0 Å². The van der Waals surface area contributed by atoms with Crippen molar-refractivity contribution >= 4 is 5.91 Å². The third-order valence-corrected chi connectivity index (χ3v) is 4.82. The number of nitrogens with one attached hydrogen (secondary N) is 2. The van der Waals surface area contributed by atoms with E-state index in [1.165, 1.54) is 11.1 Å². The Balaban J connectivity index is 1.62. The zero-order valence-electron chi connectivity index (χ0n) is 14.7. The van der Waals surface area contributed by atoms with E-state index in [9.17, 15) is 4.79 Å². The Bertz CT molecular complexity index is 522. The maximum atomic E-state index is 12.0. The van der Waals surface area contributed by atoms with E-state index in [2.05, 4.69) is 37.5 Å². The van der Waals surface area contributed by atoms with Gasteiger partial charge in [-0.3, -0.25) is 4.79 Å². The molecule has 0 bridgehead atoms. The fourth-order valence-electron chi connectivity index (χ4n) is 2.83. The van der Waals surface area contributed by atoms with Gasteiger partial charge in [-0.15, -0.1) is 0 Å². The Morgan fingerprint density at radius 2 is 2.00 bits per heavy atom. The first-order chi connectivity index (χ1) is 11.0. The summed E-state index contributed by atoms with van der Waals surface area (Å²) in [4.78, 5) is 12.0. The van der Waals surface area contributed by atoms with E-state index < -0.39 is 0 Å². The SMILES string of the molecule is Cc1ccc(OCCCC(=O)NCC2(C)CCNCC2)cc1C. The number of hydrogen-bond donors (Lipinski definition) is 2. The van der Waals surface area contributed by atoms with Gasteiger partial charge in [0.15, 0.2) is 0 Å². The van der Waals surface area contributed by atoms with Crippen molar-refractivity contribution in [2.45, 2.75) is 46.5 Å². The van der Waals surface area contributed by atoms with Crippen molar-refractivity contribution in [3.05, 3.63) is 29.3 Å². The monoisotopic (exact) mass is 318 g/mol. The molecule has 23 heavy (non-hydrogen) atoms. The molecule has 0 unspecified atom stereocenters. The normalized spacial score (nSPS) is 16.8. The van der Waals surface area contributed by atoms with Crippen LogP contribution >= 0.6 is 0 Å². The second kappa shape index (κ2) is 8.34. The number of carbonyl (C=O) groups excluding carboxylic acids is 1. The third-order valence-electron chi connectivity index (χ3n) is 4.82. The van der Waals surface area contributed by atoms with Gasteiger partial charge in [-0.2, -0.15) is 0 Å². The summed E-state index contributed by atoms with van der Waals surface area (Å²) in [7, 11) is 0. The summed E-state index contributed by atoms with van der Waals surface area (Å²) >= 11 is 0. The predicted molar refractivity (Wildman–Crippen MR) is 93.9 cm³/mol. The minimum atomic E-state index is 0.133. The van der Waals surface area contributed by atoms with Gasteiger partial charge in [-0.1, -0.05) is 13.0 Å². The lowest BCUT2D eigenvalue weighted by Crippen LogP contribution is -2.42. The first-order valence-corrected chi connectivity index (χ1v) is 8.66. The zero-order chi connectivity index (χ0) is 16.7. The molecule has 0 aliphatic carbocycles. The van der Waals surface area contributed by atoms with Crippen LogP contribution in [0.2, 0.25) is 0 Å². The number of carbonyl (C=O) groups is 1. The molecule has 1 fully saturated rings. The molecule has 0 radical (unpaired) electrons. The largest absolute Gasteiger partial charge is 0.494 e. The Hall–Kier alpha value is -1.55. The van der Waals surface area contributed by atoms with Gasteiger partial charge in [0.2, 0.25) is 5.91 Å². The van der Waals surface area contributed by atoms with Crippen LogP contribution in [-0.2, 0) is 4.79 Å². The smallest absolute Gasteiger partial charge is 0.220 e. The topological polar surface area (TPSA) is 50.4 Å². The van der Waals surface area contributed by atoms with Crippen molar-refractivity contribution < 1.29 is 9.53 Å². The van der Waals surface area contributed by atoms with Crippen LogP contribution in [-0.4, -0.2) is 32.1 Å². The molecule has 2 rings (SSSR count). The molecule has 4 heteroatoms. The Morgan fingerprint density at radius 3 is 2.70 bits per heavy atom. The molecule has 1 aliphatic heterocycles. The first kappa shape index (κ1) is 17.8. The number of ether oxygens (including phenoxy) is 1. The number of benzene rings is 1. The van der Waals surface area contributed by atoms with Crippen LogP contribution in [0.15, 0.2) is 18.2 Å². The number of rotatable bonds is 7. The highest BCUT2D eigenvalue weighted by atomic mass is 16.5. The first-order valence-electron chi connectivity index (χ1n) is 8.66. The van der Waals surface area contributed by atoms with E-state index in [1.807, 2.05) is 12.1 Å². The van der Waals surface area contributed by atoms with Crippen LogP contribution < -0.4 is 15.4 Å². The van der Waals surface area contributed by atoms with Crippen LogP contribution in [0.5, 0.6) is 5.75 Å². The second-order valence-corrected chi connectivity index (χ2v) is 7.04. The summed E-state index contributed by atoms with van der Waals surface area (Å²) in [5, 5.41) is 6.45. The van der Waals surface area contributed by atoms with E-state index in [-0.39, 0.29) is 11.3 Å². The van der Waals surface area contributed by atoms with Crippen molar-refractivity contribution in [2.75, 3.05) is 26.2 Å². The molecule has 0 aromatic heterocycles. The summed E-state index contributed by atoms with van der Waals surface area (Å²) in [6.45, 7) is 9.90. The molecule has 1 saturated heterocycles. The van der Waals surface area contributed by atoms with Crippen molar-refractivity contribution in [1.29, 1.82) is 0 Å². The fraction of sp³-hybridized carbons (Fsp3) is 0.632. The van der Waals surface area contributed by atoms with Gasteiger partial charge in [0.1, 0.15) is 5.75 Å². The van der Waals surface area contributed by atoms with Crippen LogP contribution in [0.1, 0.15) is 43.7 Å². The summed E-state index contributed by atoms with van der Waals surface area (Å²) in [5.41, 5.74) is 2.75. The minimum absolute atomic E-state index is 0.133. The Morgan fingerprint density at radius 1 is 1.26 bits per heavy atom. The standard InChI is InChI=1S/C19H30N2O2/c1-15-6-7-17(13-16(15)2)23-12-4-5-18(22)21-14-19(3)8-10-20-11-9-19/h6-7,13,20H,4-5,8-12,14H2,1-3H3,(H,21,22). The van der Waals surface area contributed by atoms with Crippen LogP contribution in [0.25, 0.3) is 0 Å². The van der Waals surface area contributed by atoms with Gasteiger partial charge >= 0.3 is 0 Å². The van der Waals surface area contributed by atoms with Gasteiger partial charge in [0, 0.05) is 13.0 Å². The molecule has 0 atom stereocenters. The minimum Gasteiger partial charge on any atom is -0.494 e. The van der Waals surface area contributed by atoms with Crippen LogP contribution in [0, 0.1) is 19.3 Å². The average molecular weight is 318 g/mol. The molecular weight excluding hydrogens is 288 g/mol. The molecule has 1 aromatic carbocycles. The number of amides is 1. The van der Waals surface area contributed by atoms with E-state index in [4.69, 9.17) is 4.74 Å². The van der Waals surface area contributed by atoms with Gasteiger partial charge < -0.3 is 15.4 Å². The number of piperidine rings is 1. The maximum absolute atomic E-state index is 12.0. The van der Waals surface area contributed by atoms with Gasteiger partial charge in [0.25, 0.3) is 0 Å². The summed E-state index contributed by atoms with van der Waals surface area (Å²) in [6.07, 6.45) is 3.53. The molecule has 1 aromatic rings. The summed E-state index contributed by atoms with van der Waals surface area (Å²) in [5.74, 6) is 1.02. The number of aryl methyl sites for hydroxylation is 2. The summed E-state index contributed by atoms with van der Waals surface area (Å²) in [6, 6.07) is 6.10. The lowest BCUT2D eigenvalue weighted by atomic mass is 9.81. The maximum Gasteiger partial charge on any atom is 0.220 e. The van der Waals surface area contributed by atoms with Gasteiger partial charge in [0.05, 0.1) is 6.61 Å². The molecule has 0 saturated carbocycles. The Kier molecular flexibility index (Phi) is 6.46. The molecule has 1 aliphatic rings. The van der Waals surface area contributed by atoms with Crippen molar-refractivity contribution in [2.24, 2.45) is 5.41 Å². The summed E-state index contributed by atoms with van der Waals surface area (Å²) < 4.78 is 5.72. The van der Waals surface area contributed by atoms with Crippen molar-refractivity contribution in [3.63, 3.8) is 0 Å². The third kappa shape index (κ3) is 5.87. The number of hydrogen-bond acceptors (Lipinski definition) is 3. The van der Waals surface area contributed by atoms with E-state index in [0.29, 0.717) is 13.0 Å². The average Bonchev–Trinajstić information content (AvgIpc) is 2.54. The lowest BCUT2D eigenvalue weighted by Gasteiger charge is -2.34. The van der Waals surface area contributed by atoms with E-state index in [0.717, 1.165) is 44.6 Å². The highest BCUT2D eigenvalue weighted by molar-refractivity contribution is 5.75. The predicted octanol–water partition coefficient (Wildman–Crippen LogP) is 2.97. The molecule has 128 valence electrons. The highest BCUT2D eigenvalue weighted by Gasteiger charge is 2.26. The molecule has 0 spiro atoms. The lowest BCUT2D eigenvalue weighted by molar-refractivity contribution is -0.121. The molecular formula is C19H30N2O2. The van der Waals surface area contributed by atoms with Gasteiger partial charge in [-0.05, 0) is 74.9 Å². The molecule has 2 N–H and O–H groups in total. The van der Waals surface area contributed by atoms with Gasteiger partial charge in [-0.25, -0.2) is 0 Å². The zero-order valence-corrected chi connectivity index (χ0v) is 14.7. The molecule has 4 nitrogen and oxygen atoms in total. The van der Waals surface area contributed by atoms with Crippen LogP contribution in [0.3, 0.4) is 0 Å². The Labute approximate surface area is 140 Å². The van der Waals surface area contributed by atoms with Crippen molar-refractivity contribution in [1.82, 2.24) is 10.6 Å². The van der Waals surface area contributed by atoms with Crippen molar-refractivity contribution in [3.8, 4) is 5.75 Å².